The molecule has 2 amide bonds. The molecule has 0 bridgehead atoms. The molecule has 0 aliphatic heterocycles. The third kappa shape index (κ3) is 5.64. The van der Waals surface area contributed by atoms with E-state index in [0.717, 1.165) is 16.3 Å². The van der Waals surface area contributed by atoms with Gasteiger partial charge in [0.2, 0.25) is 15.9 Å². The minimum atomic E-state index is -3.77. The highest BCUT2D eigenvalue weighted by Gasteiger charge is 2.23. The molecular formula is C20H25N3O4S. The Morgan fingerprint density at radius 2 is 1.75 bits per heavy atom. The Morgan fingerprint density at radius 1 is 1.07 bits per heavy atom. The molecule has 8 heteroatoms. The average molecular weight is 404 g/mol. The lowest BCUT2D eigenvalue weighted by atomic mass is 10.2. The maximum atomic E-state index is 12.6. The summed E-state index contributed by atoms with van der Waals surface area (Å²) >= 11 is 0. The molecule has 2 aromatic rings. The normalized spacial score (nSPS) is 11.3. The fourth-order valence-corrected chi connectivity index (χ4v) is 3.58. The summed E-state index contributed by atoms with van der Waals surface area (Å²) in [6.45, 7) is 4.04. The summed E-state index contributed by atoms with van der Waals surface area (Å²) in [4.78, 5) is 24.4. The van der Waals surface area contributed by atoms with Gasteiger partial charge in [-0.1, -0.05) is 30.7 Å². The number of amides is 2. The molecule has 0 unspecified atom stereocenters. The van der Waals surface area contributed by atoms with Crippen LogP contribution in [-0.2, 0) is 14.8 Å². The zero-order chi connectivity index (χ0) is 20.7. The van der Waals surface area contributed by atoms with Gasteiger partial charge in [0, 0.05) is 24.8 Å². The van der Waals surface area contributed by atoms with Crippen molar-refractivity contribution in [2.24, 2.45) is 0 Å². The number of rotatable bonds is 8. The van der Waals surface area contributed by atoms with Gasteiger partial charge in [-0.15, -0.1) is 0 Å². The highest BCUT2D eigenvalue weighted by molar-refractivity contribution is 7.89. The SMILES string of the molecule is CCCNC(=O)c1cccc(NC(=O)CN(C)S(=O)(=O)c2ccc(C)cc2)c1. The molecule has 0 spiro atoms. The van der Waals surface area contributed by atoms with E-state index >= 15 is 0 Å². The van der Waals surface area contributed by atoms with Crippen molar-refractivity contribution in [1.29, 1.82) is 0 Å². The van der Waals surface area contributed by atoms with Gasteiger partial charge in [-0.25, -0.2) is 8.42 Å². The van der Waals surface area contributed by atoms with E-state index in [1.54, 1.807) is 36.4 Å². The number of carbonyl (C=O) groups is 2. The van der Waals surface area contributed by atoms with Crippen LogP contribution in [0, 0.1) is 6.92 Å². The molecule has 150 valence electrons. The van der Waals surface area contributed by atoms with E-state index in [9.17, 15) is 18.0 Å². The lowest BCUT2D eigenvalue weighted by molar-refractivity contribution is -0.116. The topological polar surface area (TPSA) is 95.6 Å². The number of hydrogen-bond acceptors (Lipinski definition) is 4. The van der Waals surface area contributed by atoms with Gasteiger partial charge in [0.25, 0.3) is 5.91 Å². The van der Waals surface area contributed by atoms with Crippen LogP contribution in [0.2, 0.25) is 0 Å². The Bertz CT molecular complexity index is 940. The van der Waals surface area contributed by atoms with Crippen molar-refractivity contribution in [2.75, 3.05) is 25.5 Å². The number of anilines is 1. The van der Waals surface area contributed by atoms with E-state index < -0.39 is 15.9 Å². The van der Waals surface area contributed by atoms with Crippen molar-refractivity contribution in [3.63, 3.8) is 0 Å². The third-order valence-corrected chi connectivity index (χ3v) is 5.86. The van der Waals surface area contributed by atoms with Gasteiger partial charge >= 0.3 is 0 Å². The molecular weight excluding hydrogens is 378 g/mol. The summed E-state index contributed by atoms with van der Waals surface area (Å²) in [5.74, 6) is -0.721. The zero-order valence-electron chi connectivity index (χ0n) is 16.2. The number of benzene rings is 2. The largest absolute Gasteiger partial charge is 0.352 e. The van der Waals surface area contributed by atoms with Crippen LogP contribution < -0.4 is 10.6 Å². The number of nitrogens with zero attached hydrogens (tertiary/aromatic N) is 1. The van der Waals surface area contributed by atoms with Crippen LogP contribution in [0.5, 0.6) is 0 Å². The minimum absolute atomic E-state index is 0.128. The summed E-state index contributed by atoms with van der Waals surface area (Å²) in [6, 6.07) is 12.9. The molecule has 2 N–H and O–H groups in total. The molecule has 0 aromatic heterocycles. The summed E-state index contributed by atoms with van der Waals surface area (Å²) in [5.41, 5.74) is 1.80. The van der Waals surface area contributed by atoms with Crippen LogP contribution in [0.15, 0.2) is 53.4 Å². The van der Waals surface area contributed by atoms with Crippen molar-refractivity contribution in [2.45, 2.75) is 25.2 Å². The van der Waals surface area contributed by atoms with Gasteiger partial charge in [-0.2, -0.15) is 4.31 Å². The summed E-state index contributed by atoms with van der Waals surface area (Å²) in [7, 11) is -2.42. The van der Waals surface area contributed by atoms with Crippen molar-refractivity contribution >= 4 is 27.5 Å². The van der Waals surface area contributed by atoms with Crippen LogP contribution in [0.1, 0.15) is 29.3 Å². The molecule has 2 rings (SSSR count). The maximum absolute atomic E-state index is 12.6. The maximum Gasteiger partial charge on any atom is 0.251 e. The first-order chi connectivity index (χ1) is 13.2. The predicted octanol–water partition coefficient (Wildman–Crippen LogP) is 2.39. The van der Waals surface area contributed by atoms with Crippen LogP contribution in [-0.4, -0.2) is 44.7 Å². The highest BCUT2D eigenvalue weighted by Crippen LogP contribution is 2.15. The van der Waals surface area contributed by atoms with E-state index in [1.165, 1.54) is 19.2 Å². The van der Waals surface area contributed by atoms with Crippen molar-refractivity contribution < 1.29 is 18.0 Å². The Kier molecular flexibility index (Phi) is 7.31. The van der Waals surface area contributed by atoms with Crippen molar-refractivity contribution in [3.8, 4) is 0 Å². The van der Waals surface area contributed by atoms with Crippen LogP contribution >= 0.6 is 0 Å². The number of aryl methyl sites for hydroxylation is 1. The summed E-state index contributed by atoms with van der Waals surface area (Å²) in [6.07, 6.45) is 0.823. The van der Waals surface area contributed by atoms with Gasteiger partial charge in [0.05, 0.1) is 11.4 Å². The summed E-state index contributed by atoms with van der Waals surface area (Å²) in [5, 5.41) is 5.40. The molecule has 7 nitrogen and oxygen atoms in total. The van der Waals surface area contributed by atoms with Crippen LogP contribution in [0.4, 0.5) is 5.69 Å². The fourth-order valence-electron chi connectivity index (χ4n) is 2.46. The van der Waals surface area contributed by atoms with Gasteiger partial charge in [-0.05, 0) is 43.7 Å². The van der Waals surface area contributed by atoms with E-state index in [0.29, 0.717) is 17.8 Å². The number of likely N-dealkylation sites (N-methyl/N-ethyl adjacent to an activating group) is 1. The second-order valence-electron chi connectivity index (χ2n) is 6.46. The molecule has 0 fully saturated rings. The van der Waals surface area contributed by atoms with E-state index in [2.05, 4.69) is 10.6 Å². The number of hydrogen-bond donors (Lipinski definition) is 2. The Labute approximate surface area is 165 Å². The number of sulfonamides is 1. The standard InChI is InChI=1S/C20H25N3O4S/c1-4-12-21-20(25)16-6-5-7-17(13-16)22-19(24)14-23(3)28(26,27)18-10-8-15(2)9-11-18/h5-11,13H,4,12,14H2,1-3H3,(H,21,25)(H,22,24). The molecule has 0 heterocycles. The van der Waals surface area contributed by atoms with E-state index in [1.807, 2.05) is 13.8 Å². The Balaban J connectivity index is 2.03. The summed E-state index contributed by atoms with van der Waals surface area (Å²) < 4.78 is 26.1. The first-order valence-electron chi connectivity index (χ1n) is 8.95. The highest BCUT2D eigenvalue weighted by atomic mass is 32.2. The predicted molar refractivity (Wildman–Crippen MR) is 109 cm³/mol. The van der Waals surface area contributed by atoms with E-state index in [-0.39, 0.29) is 17.3 Å². The fraction of sp³-hybridized carbons (Fsp3) is 0.300. The average Bonchev–Trinajstić information content (AvgIpc) is 2.66. The van der Waals surface area contributed by atoms with E-state index in [4.69, 9.17) is 0 Å². The molecule has 0 radical (unpaired) electrons. The first-order valence-corrected chi connectivity index (χ1v) is 10.4. The Hall–Kier alpha value is -2.71. The minimum Gasteiger partial charge on any atom is -0.352 e. The molecule has 0 saturated carbocycles. The quantitative estimate of drug-likeness (QED) is 0.707. The molecule has 0 aliphatic carbocycles. The van der Waals surface area contributed by atoms with Crippen LogP contribution in [0.3, 0.4) is 0 Å². The lowest BCUT2D eigenvalue weighted by Gasteiger charge is -2.17. The van der Waals surface area contributed by atoms with Gasteiger partial charge in [0.1, 0.15) is 0 Å². The Morgan fingerprint density at radius 3 is 2.39 bits per heavy atom. The second-order valence-corrected chi connectivity index (χ2v) is 8.50. The monoisotopic (exact) mass is 403 g/mol. The van der Waals surface area contributed by atoms with Gasteiger partial charge in [-0.3, -0.25) is 9.59 Å². The van der Waals surface area contributed by atoms with Crippen LogP contribution in [0.25, 0.3) is 0 Å². The third-order valence-electron chi connectivity index (χ3n) is 4.04. The molecule has 2 aromatic carbocycles. The number of carbonyl (C=O) groups excluding carboxylic acids is 2. The van der Waals surface area contributed by atoms with Gasteiger partial charge < -0.3 is 10.6 Å². The molecule has 0 saturated heterocycles. The lowest BCUT2D eigenvalue weighted by Crippen LogP contribution is -2.35. The zero-order valence-corrected chi connectivity index (χ0v) is 17.0. The van der Waals surface area contributed by atoms with Crippen molar-refractivity contribution in [1.82, 2.24) is 9.62 Å². The second kappa shape index (κ2) is 9.48. The van der Waals surface area contributed by atoms with Crippen molar-refractivity contribution in [3.05, 3.63) is 59.7 Å². The number of nitrogens with one attached hydrogen (secondary N) is 2. The first kappa shape index (κ1) is 21.6. The molecule has 0 aliphatic rings. The molecule has 28 heavy (non-hydrogen) atoms. The smallest absolute Gasteiger partial charge is 0.251 e. The van der Waals surface area contributed by atoms with Gasteiger partial charge in [0.15, 0.2) is 0 Å². The molecule has 0 atom stereocenters.